The van der Waals surface area contributed by atoms with Gasteiger partial charge in [-0.1, -0.05) is 51.1 Å². The highest BCUT2D eigenvalue weighted by molar-refractivity contribution is 5.80. The minimum atomic E-state index is -0.326. The first-order chi connectivity index (χ1) is 9.51. The molecule has 4 N–H and O–H groups in total. The van der Waals surface area contributed by atoms with Crippen LogP contribution in [-0.2, 0) is 4.79 Å². The monoisotopic (exact) mass is 278 g/mol. The molecule has 0 saturated heterocycles. The number of hydrogen-bond acceptors (Lipinski definition) is 3. The van der Waals surface area contributed by atoms with Crippen molar-refractivity contribution in [2.75, 3.05) is 6.61 Å². The highest BCUT2D eigenvalue weighted by Crippen LogP contribution is 2.22. The quantitative estimate of drug-likeness (QED) is 0.712. The molecule has 0 spiro atoms. The number of nitrogens with two attached hydrogens (primary N) is 1. The van der Waals surface area contributed by atoms with Gasteiger partial charge in [-0.3, -0.25) is 4.79 Å². The van der Waals surface area contributed by atoms with Crippen LogP contribution in [-0.4, -0.2) is 23.7 Å². The van der Waals surface area contributed by atoms with E-state index >= 15 is 0 Å². The summed E-state index contributed by atoms with van der Waals surface area (Å²) in [6.45, 7) is 5.84. The lowest BCUT2D eigenvalue weighted by molar-refractivity contribution is -0.127. The van der Waals surface area contributed by atoms with Crippen LogP contribution in [0.4, 0.5) is 0 Å². The molecule has 0 aliphatic carbocycles. The zero-order valence-electron chi connectivity index (χ0n) is 12.5. The predicted molar refractivity (Wildman–Crippen MR) is 81.0 cm³/mol. The average molecular weight is 278 g/mol. The zero-order valence-corrected chi connectivity index (χ0v) is 12.5. The molecule has 1 amide bonds. The highest BCUT2D eigenvalue weighted by Gasteiger charge is 2.27. The van der Waals surface area contributed by atoms with Crippen LogP contribution >= 0.6 is 0 Å². The van der Waals surface area contributed by atoms with Crippen molar-refractivity contribution < 1.29 is 9.90 Å². The first-order valence-electron chi connectivity index (χ1n) is 7.23. The van der Waals surface area contributed by atoms with E-state index in [0.29, 0.717) is 6.42 Å². The number of aliphatic hydroxyl groups excluding tert-OH is 1. The molecule has 4 heteroatoms. The van der Waals surface area contributed by atoms with Gasteiger partial charge in [0.05, 0.1) is 18.6 Å². The molecular formula is C16H26N2O2. The molecule has 1 rings (SSSR count). The molecule has 0 saturated carbocycles. The van der Waals surface area contributed by atoms with Crippen LogP contribution in [0.15, 0.2) is 30.3 Å². The van der Waals surface area contributed by atoms with E-state index in [1.807, 2.05) is 51.1 Å². The lowest BCUT2D eigenvalue weighted by atomic mass is 9.90. The summed E-state index contributed by atoms with van der Waals surface area (Å²) >= 11 is 0. The molecule has 1 aromatic carbocycles. The first-order valence-corrected chi connectivity index (χ1v) is 7.23. The summed E-state index contributed by atoms with van der Waals surface area (Å²) in [4.78, 5) is 12.4. The molecule has 3 atom stereocenters. The number of nitrogens with one attached hydrogen (secondary N) is 1. The van der Waals surface area contributed by atoms with Crippen LogP contribution in [0.25, 0.3) is 0 Å². The number of carbonyl (C=O) groups is 1. The van der Waals surface area contributed by atoms with Crippen LogP contribution in [0.1, 0.15) is 38.8 Å². The predicted octanol–water partition coefficient (Wildman–Crippen LogP) is 1.85. The highest BCUT2D eigenvalue weighted by atomic mass is 16.3. The van der Waals surface area contributed by atoms with Gasteiger partial charge >= 0.3 is 0 Å². The molecule has 20 heavy (non-hydrogen) atoms. The van der Waals surface area contributed by atoms with Crippen LogP contribution in [0.3, 0.4) is 0 Å². The van der Waals surface area contributed by atoms with Gasteiger partial charge < -0.3 is 16.2 Å². The summed E-state index contributed by atoms with van der Waals surface area (Å²) in [6, 6.07) is 9.10. The van der Waals surface area contributed by atoms with Crippen LogP contribution in [0, 0.1) is 11.8 Å². The molecule has 0 unspecified atom stereocenters. The van der Waals surface area contributed by atoms with Gasteiger partial charge in [-0.05, 0) is 17.9 Å². The molecule has 0 radical (unpaired) electrons. The molecule has 0 aliphatic rings. The Kier molecular flexibility index (Phi) is 6.68. The van der Waals surface area contributed by atoms with Crippen molar-refractivity contribution in [3.05, 3.63) is 35.9 Å². The summed E-state index contributed by atoms with van der Waals surface area (Å²) in [5.74, 6) is -0.184. The summed E-state index contributed by atoms with van der Waals surface area (Å²) in [5.41, 5.74) is 7.18. The Balaban J connectivity index is 2.77. The van der Waals surface area contributed by atoms with E-state index in [1.165, 1.54) is 0 Å². The molecule has 0 fully saturated rings. The molecular weight excluding hydrogens is 252 g/mol. The molecule has 112 valence electrons. The zero-order chi connectivity index (χ0) is 15.1. The number of carbonyl (C=O) groups excluding carboxylic acids is 1. The van der Waals surface area contributed by atoms with E-state index < -0.39 is 0 Å². The van der Waals surface area contributed by atoms with Gasteiger partial charge in [-0.25, -0.2) is 0 Å². The number of rotatable bonds is 7. The molecule has 0 heterocycles. The SMILES string of the molecule is CC[C@H](C(=O)N[C@H](CO)C(C)C)[C@H](N)c1ccccc1. The third-order valence-electron chi connectivity index (χ3n) is 3.72. The molecule has 1 aromatic rings. The maximum absolute atomic E-state index is 12.4. The molecule has 0 aliphatic heterocycles. The summed E-state index contributed by atoms with van der Waals surface area (Å²) in [6.07, 6.45) is 0.665. The molecule has 4 nitrogen and oxygen atoms in total. The van der Waals surface area contributed by atoms with Crippen molar-refractivity contribution in [1.82, 2.24) is 5.32 Å². The number of benzene rings is 1. The van der Waals surface area contributed by atoms with Gasteiger partial charge in [0, 0.05) is 6.04 Å². The van der Waals surface area contributed by atoms with E-state index in [-0.39, 0.29) is 36.4 Å². The third kappa shape index (κ3) is 4.32. The Morgan fingerprint density at radius 1 is 1.30 bits per heavy atom. The second-order valence-electron chi connectivity index (χ2n) is 5.49. The fourth-order valence-corrected chi connectivity index (χ4v) is 2.22. The van der Waals surface area contributed by atoms with Crippen molar-refractivity contribution in [2.45, 2.75) is 39.3 Å². The van der Waals surface area contributed by atoms with Crippen LogP contribution < -0.4 is 11.1 Å². The minimum absolute atomic E-state index is 0.0551. The van der Waals surface area contributed by atoms with Crippen LogP contribution in [0.2, 0.25) is 0 Å². The van der Waals surface area contributed by atoms with Gasteiger partial charge in [-0.15, -0.1) is 0 Å². The summed E-state index contributed by atoms with van der Waals surface area (Å²) < 4.78 is 0. The van der Waals surface area contributed by atoms with Crippen molar-refractivity contribution >= 4 is 5.91 Å². The van der Waals surface area contributed by atoms with Crippen molar-refractivity contribution in [3.63, 3.8) is 0 Å². The van der Waals surface area contributed by atoms with Gasteiger partial charge in [0.1, 0.15) is 0 Å². The Labute approximate surface area is 121 Å². The maximum atomic E-state index is 12.4. The van der Waals surface area contributed by atoms with Crippen molar-refractivity contribution in [2.24, 2.45) is 17.6 Å². The van der Waals surface area contributed by atoms with E-state index in [0.717, 1.165) is 5.56 Å². The Hall–Kier alpha value is -1.39. The normalized spacial score (nSPS) is 15.7. The minimum Gasteiger partial charge on any atom is -0.394 e. The number of amides is 1. The third-order valence-corrected chi connectivity index (χ3v) is 3.72. The summed E-state index contributed by atoms with van der Waals surface area (Å²) in [7, 11) is 0. The van der Waals surface area contributed by atoms with Gasteiger partial charge in [0.25, 0.3) is 0 Å². The van der Waals surface area contributed by atoms with E-state index in [4.69, 9.17) is 5.73 Å². The smallest absolute Gasteiger partial charge is 0.225 e. The largest absolute Gasteiger partial charge is 0.394 e. The van der Waals surface area contributed by atoms with Crippen LogP contribution in [0.5, 0.6) is 0 Å². The second kappa shape index (κ2) is 8.02. The molecule has 0 bridgehead atoms. The Morgan fingerprint density at radius 2 is 1.90 bits per heavy atom. The van der Waals surface area contributed by atoms with E-state index in [2.05, 4.69) is 5.32 Å². The maximum Gasteiger partial charge on any atom is 0.225 e. The van der Waals surface area contributed by atoms with Gasteiger partial charge in [0.15, 0.2) is 0 Å². The summed E-state index contributed by atoms with van der Waals surface area (Å²) in [5, 5.41) is 12.2. The molecule has 0 aromatic heterocycles. The van der Waals surface area contributed by atoms with E-state index in [1.54, 1.807) is 0 Å². The lowest BCUT2D eigenvalue weighted by Gasteiger charge is -2.26. The van der Waals surface area contributed by atoms with Gasteiger partial charge in [-0.2, -0.15) is 0 Å². The second-order valence-corrected chi connectivity index (χ2v) is 5.49. The fourth-order valence-electron chi connectivity index (χ4n) is 2.22. The standard InChI is InChI=1S/C16H26N2O2/c1-4-13(15(17)12-8-6-5-7-9-12)16(20)18-14(10-19)11(2)3/h5-9,11,13-15,19H,4,10,17H2,1-3H3,(H,18,20)/t13-,14+,15+/m0/s1. The van der Waals surface area contributed by atoms with E-state index in [9.17, 15) is 9.90 Å². The average Bonchev–Trinajstić information content (AvgIpc) is 2.45. The number of hydrogen-bond donors (Lipinski definition) is 3. The van der Waals surface area contributed by atoms with Gasteiger partial charge in [0.2, 0.25) is 5.91 Å². The lowest BCUT2D eigenvalue weighted by Crippen LogP contribution is -2.46. The Morgan fingerprint density at radius 3 is 2.35 bits per heavy atom. The van der Waals surface area contributed by atoms with Crippen molar-refractivity contribution in [1.29, 1.82) is 0 Å². The fraction of sp³-hybridized carbons (Fsp3) is 0.562. The number of aliphatic hydroxyl groups is 1. The first kappa shape index (κ1) is 16.7. The van der Waals surface area contributed by atoms with Crippen molar-refractivity contribution in [3.8, 4) is 0 Å². The topological polar surface area (TPSA) is 75.3 Å². The Bertz CT molecular complexity index is 406.